The van der Waals surface area contributed by atoms with Gasteiger partial charge in [0, 0.05) is 29.4 Å². The molecule has 6 nitrogen and oxygen atoms in total. The average molecular weight is 457 g/mol. The van der Waals surface area contributed by atoms with Gasteiger partial charge in [0.1, 0.15) is 0 Å². The van der Waals surface area contributed by atoms with E-state index in [-0.39, 0.29) is 30.3 Å². The fraction of sp³-hybridized carbons (Fsp3) is 0.400. The van der Waals surface area contributed by atoms with Crippen molar-refractivity contribution in [3.05, 3.63) is 64.2 Å². The van der Waals surface area contributed by atoms with E-state index >= 15 is 0 Å². The normalized spacial score (nSPS) is 14.3. The molecule has 2 aromatic carbocycles. The molecule has 7 heteroatoms. The van der Waals surface area contributed by atoms with Crippen LogP contribution in [-0.4, -0.2) is 42.4 Å². The maximum Gasteiger partial charge on any atom is 0.309 e. The van der Waals surface area contributed by atoms with Crippen LogP contribution in [0.2, 0.25) is 5.02 Å². The van der Waals surface area contributed by atoms with Crippen LogP contribution in [0.25, 0.3) is 0 Å². The van der Waals surface area contributed by atoms with Crippen molar-refractivity contribution in [2.45, 2.75) is 39.5 Å². The number of carbonyl (C=O) groups excluding carboxylic acids is 3. The number of nitrogens with zero attached hydrogens (tertiary/aromatic N) is 1. The van der Waals surface area contributed by atoms with Crippen molar-refractivity contribution in [2.75, 3.05) is 25.0 Å². The third kappa shape index (κ3) is 5.88. The third-order valence-corrected chi connectivity index (χ3v) is 6.00. The van der Waals surface area contributed by atoms with Crippen LogP contribution in [0.3, 0.4) is 0 Å². The first kappa shape index (κ1) is 23.8. The Morgan fingerprint density at radius 1 is 1.09 bits per heavy atom. The minimum absolute atomic E-state index is 0.0768. The van der Waals surface area contributed by atoms with Crippen LogP contribution in [0, 0.1) is 12.8 Å². The quantitative estimate of drug-likeness (QED) is 0.633. The molecule has 0 bridgehead atoms. The number of carbonyl (C=O) groups is 3. The summed E-state index contributed by atoms with van der Waals surface area (Å²) in [5.74, 6) is -0.889. The van der Waals surface area contributed by atoms with Gasteiger partial charge >= 0.3 is 5.97 Å². The number of nitrogens with one attached hydrogen (secondary N) is 1. The minimum Gasteiger partial charge on any atom is -0.455 e. The molecule has 0 spiro atoms. The van der Waals surface area contributed by atoms with E-state index < -0.39 is 5.97 Å². The number of amides is 2. The molecule has 0 unspecified atom stereocenters. The van der Waals surface area contributed by atoms with Crippen molar-refractivity contribution < 1.29 is 19.1 Å². The van der Waals surface area contributed by atoms with Gasteiger partial charge in [0.15, 0.2) is 6.61 Å². The number of aryl methyl sites for hydroxylation is 1. The summed E-state index contributed by atoms with van der Waals surface area (Å²) in [6, 6.07) is 12.6. The standard InChI is InChI=1S/C25H29ClN2O4/c1-16(2)21-6-4-5-17(3)23(21)27-22(29)15-32-25(31)19-11-13-28(14-12-19)24(30)18-7-9-20(26)10-8-18/h4-10,16,19H,11-15H2,1-3H3,(H,27,29). The second kappa shape index (κ2) is 10.6. The average Bonchev–Trinajstić information content (AvgIpc) is 2.78. The molecule has 1 N–H and O–H groups in total. The van der Waals surface area contributed by atoms with E-state index in [1.165, 1.54) is 0 Å². The number of hydrogen-bond donors (Lipinski definition) is 1. The number of halogens is 1. The summed E-state index contributed by atoms with van der Waals surface area (Å²) in [4.78, 5) is 39.2. The number of likely N-dealkylation sites (tertiary alicyclic amines) is 1. The Morgan fingerprint density at radius 3 is 2.38 bits per heavy atom. The Hall–Kier alpha value is -2.86. The van der Waals surface area contributed by atoms with Crippen LogP contribution in [0.15, 0.2) is 42.5 Å². The van der Waals surface area contributed by atoms with E-state index in [9.17, 15) is 14.4 Å². The molecule has 2 aromatic rings. The lowest BCUT2D eigenvalue weighted by molar-refractivity contribution is -0.152. The van der Waals surface area contributed by atoms with Crippen LogP contribution in [0.4, 0.5) is 5.69 Å². The SMILES string of the molecule is Cc1cccc(C(C)C)c1NC(=O)COC(=O)C1CCN(C(=O)c2ccc(Cl)cc2)CC1. The molecule has 1 fully saturated rings. The summed E-state index contributed by atoms with van der Waals surface area (Å²) in [7, 11) is 0. The van der Waals surface area contributed by atoms with Crippen molar-refractivity contribution in [1.29, 1.82) is 0 Å². The summed E-state index contributed by atoms with van der Waals surface area (Å²) >= 11 is 5.88. The second-order valence-corrected chi connectivity index (χ2v) is 8.86. The van der Waals surface area contributed by atoms with Crippen LogP contribution in [0.1, 0.15) is 54.1 Å². The highest BCUT2D eigenvalue weighted by molar-refractivity contribution is 6.30. The van der Waals surface area contributed by atoms with Crippen molar-refractivity contribution in [3.8, 4) is 0 Å². The molecule has 3 rings (SSSR count). The maximum absolute atomic E-state index is 12.6. The Morgan fingerprint density at radius 2 is 1.75 bits per heavy atom. The van der Waals surface area contributed by atoms with Gasteiger partial charge in [0.05, 0.1) is 5.92 Å². The first-order valence-electron chi connectivity index (χ1n) is 10.9. The van der Waals surface area contributed by atoms with E-state index in [4.69, 9.17) is 16.3 Å². The predicted molar refractivity (Wildman–Crippen MR) is 125 cm³/mol. The molecule has 1 heterocycles. The first-order chi connectivity index (χ1) is 15.3. The fourth-order valence-corrected chi connectivity index (χ4v) is 3.99. The summed E-state index contributed by atoms with van der Waals surface area (Å²) in [5.41, 5.74) is 3.36. The molecule has 1 aliphatic rings. The number of esters is 1. The molecule has 0 aliphatic carbocycles. The predicted octanol–water partition coefficient (Wildman–Crippen LogP) is 4.81. The third-order valence-electron chi connectivity index (χ3n) is 5.74. The molecule has 0 aromatic heterocycles. The largest absolute Gasteiger partial charge is 0.455 e. The molecule has 32 heavy (non-hydrogen) atoms. The lowest BCUT2D eigenvalue weighted by Crippen LogP contribution is -2.41. The number of benzene rings is 2. The van der Waals surface area contributed by atoms with Gasteiger partial charge in [0.2, 0.25) is 0 Å². The van der Waals surface area contributed by atoms with Crippen LogP contribution in [0.5, 0.6) is 0 Å². The molecule has 170 valence electrons. The van der Waals surface area contributed by atoms with Gasteiger partial charge in [-0.2, -0.15) is 0 Å². The highest BCUT2D eigenvalue weighted by Crippen LogP contribution is 2.27. The smallest absolute Gasteiger partial charge is 0.309 e. The van der Waals surface area contributed by atoms with Crippen LogP contribution >= 0.6 is 11.6 Å². The summed E-state index contributed by atoms with van der Waals surface area (Å²) in [5, 5.41) is 3.46. The van der Waals surface area contributed by atoms with Crippen molar-refractivity contribution in [1.82, 2.24) is 4.90 Å². The van der Waals surface area contributed by atoms with Crippen molar-refractivity contribution >= 4 is 35.1 Å². The fourth-order valence-electron chi connectivity index (χ4n) is 3.87. The van der Waals surface area contributed by atoms with Gasteiger partial charge in [-0.3, -0.25) is 14.4 Å². The summed E-state index contributed by atoms with van der Waals surface area (Å²) in [6.45, 7) is 6.67. The molecule has 1 aliphatic heterocycles. The number of para-hydroxylation sites is 1. The number of rotatable bonds is 6. The van der Waals surface area contributed by atoms with Gasteiger partial charge in [-0.15, -0.1) is 0 Å². The van der Waals surface area contributed by atoms with E-state index in [0.29, 0.717) is 36.5 Å². The molecule has 0 saturated carbocycles. The van der Waals surface area contributed by atoms with E-state index in [1.54, 1.807) is 29.2 Å². The zero-order valence-corrected chi connectivity index (χ0v) is 19.4. The second-order valence-electron chi connectivity index (χ2n) is 8.42. The van der Waals surface area contributed by atoms with Crippen molar-refractivity contribution in [2.24, 2.45) is 5.92 Å². The molecule has 1 saturated heterocycles. The van der Waals surface area contributed by atoms with Gasteiger partial charge in [-0.25, -0.2) is 0 Å². The molecule has 2 amide bonds. The number of anilines is 1. The molecule has 0 atom stereocenters. The molecular weight excluding hydrogens is 428 g/mol. The van der Waals surface area contributed by atoms with E-state index in [0.717, 1.165) is 16.8 Å². The molecule has 0 radical (unpaired) electrons. The summed E-state index contributed by atoms with van der Waals surface area (Å²) < 4.78 is 5.28. The van der Waals surface area contributed by atoms with Gasteiger partial charge < -0.3 is 15.0 Å². The van der Waals surface area contributed by atoms with Gasteiger partial charge in [0.25, 0.3) is 11.8 Å². The highest BCUT2D eigenvalue weighted by atomic mass is 35.5. The van der Waals surface area contributed by atoms with Crippen molar-refractivity contribution in [3.63, 3.8) is 0 Å². The lowest BCUT2D eigenvalue weighted by Gasteiger charge is -2.31. The van der Waals surface area contributed by atoms with E-state index in [2.05, 4.69) is 19.2 Å². The number of ether oxygens (including phenoxy) is 1. The van der Waals surface area contributed by atoms with Gasteiger partial charge in [-0.05, 0) is 61.1 Å². The Kier molecular flexibility index (Phi) is 7.91. The maximum atomic E-state index is 12.6. The van der Waals surface area contributed by atoms with Gasteiger partial charge in [-0.1, -0.05) is 43.6 Å². The Bertz CT molecular complexity index is 980. The lowest BCUT2D eigenvalue weighted by atomic mass is 9.96. The zero-order chi connectivity index (χ0) is 23.3. The first-order valence-corrected chi connectivity index (χ1v) is 11.2. The Labute approximate surface area is 193 Å². The topological polar surface area (TPSA) is 75.7 Å². The van der Waals surface area contributed by atoms with E-state index in [1.807, 2.05) is 25.1 Å². The minimum atomic E-state index is -0.396. The van der Waals surface area contributed by atoms with Crippen LogP contribution < -0.4 is 5.32 Å². The molecular formula is C25H29ClN2O4. The summed E-state index contributed by atoms with van der Waals surface area (Å²) in [6.07, 6.45) is 1.02. The monoisotopic (exact) mass is 456 g/mol. The zero-order valence-electron chi connectivity index (χ0n) is 18.7. The number of hydrogen-bond acceptors (Lipinski definition) is 4. The van der Waals surface area contributed by atoms with Crippen LogP contribution in [-0.2, 0) is 14.3 Å². The highest BCUT2D eigenvalue weighted by Gasteiger charge is 2.29. The Balaban J connectivity index is 1.48. The number of piperidine rings is 1.